The summed E-state index contributed by atoms with van der Waals surface area (Å²) >= 11 is 15.1. The molecule has 0 atom stereocenters. The molecule has 4 aromatic rings. The van der Waals surface area contributed by atoms with Crippen molar-refractivity contribution in [2.75, 3.05) is 5.32 Å². The average Bonchev–Trinajstić information content (AvgIpc) is 3.26. The first kappa shape index (κ1) is 19.0. The molecule has 0 spiro atoms. The molecule has 28 heavy (non-hydrogen) atoms. The largest absolute Gasteiger partial charge is 0.508 e. The highest BCUT2D eigenvalue weighted by molar-refractivity contribution is 7.17. The van der Waals surface area contributed by atoms with Crippen molar-refractivity contribution in [1.29, 1.82) is 0 Å². The summed E-state index contributed by atoms with van der Waals surface area (Å²) in [5, 5.41) is 19.1. The number of fused-ring (bicyclic) bond motifs is 1. The predicted octanol–water partition coefficient (Wildman–Crippen LogP) is 7.72. The van der Waals surface area contributed by atoms with Gasteiger partial charge in [0, 0.05) is 42.0 Å². The molecule has 0 bridgehead atoms. The number of hydrogen-bond donors (Lipinski definition) is 2. The molecule has 7 heteroatoms. The van der Waals surface area contributed by atoms with Crippen LogP contribution in [0.15, 0.2) is 59.8 Å². The number of hydrogen-bond acceptors (Lipinski definition) is 4. The monoisotopic (exact) mass is 445 g/mol. The van der Waals surface area contributed by atoms with E-state index >= 15 is 0 Å². The van der Waals surface area contributed by atoms with Gasteiger partial charge in [-0.05, 0) is 18.2 Å². The van der Waals surface area contributed by atoms with E-state index in [1.807, 2.05) is 35.0 Å². The Bertz CT molecular complexity index is 1230. The van der Waals surface area contributed by atoms with Crippen molar-refractivity contribution in [2.45, 2.75) is 0 Å². The van der Waals surface area contributed by atoms with Crippen LogP contribution < -0.4 is 5.32 Å². The number of thiophene rings is 2. The number of nitrogens with one attached hydrogen (secondary N) is 1. The molecule has 2 aromatic heterocycles. The topological polar surface area (TPSA) is 49.3 Å². The Morgan fingerprint density at radius 1 is 1.04 bits per heavy atom. The van der Waals surface area contributed by atoms with Crippen LogP contribution in [-0.4, -0.2) is 11.0 Å². The zero-order valence-corrected chi connectivity index (χ0v) is 17.5. The minimum absolute atomic E-state index is 0.146. The van der Waals surface area contributed by atoms with Crippen LogP contribution in [0.5, 0.6) is 0 Å². The van der Waals surface area contributed by atoms with Crippen molar-refractivity contribution in [1.82, 2.24) is 0 Å². The summed E-state index contributed by atoms with van der Waals surface area (Å²) in [5.41, 5.74) is 2.43. The first-order valence-corrected chi connectivity index (χ1v) is 10.7. The van der Waals surface area contributed by atoms with E-state index in [4.69, 9.17) is 23.2 Å². The van der Waals surface area contributed by atoms with Crippen LogP contribution in [0.2, 0.25) is 10.0 Å². The van der Waals surface area contributed by atoms with Crippen LogP contribution >= 0.6 is 45.9 Å². The molecule has 2 heterocycles. The average molecular weight is 446 g/mol. The zero-order chi connectivity index (χ0) is 19.8. The molecule has 0 unspecified atom stereocenters. The molecule has 1 amide bonds. The summed E-state index contributed by atoms with van der Waals surface area (Å²) < 4.78 is 1.04. The molecular weight excluding hydrogens is 433 g/mol. The van der Waals surface area contributed by atoms with E-state index in [1.54, 1.807) is 18.2 Å². The minimum Gasteiger partial charge on any atom is -0.508 e. The standard InChI is InChI=1S/C21H13Cl2NO2S2/c1-11(25)19-15(13-7-6-12(22)8-17(13)23)9-28-21(19)24-20(26)16-10-27-18-5-3-2-4-14(16)18/h2-10,25H,1H2,(H,24,26). The SMILES string of the molecule is C=C(O)c1c(-c2ccc(Cl)cc2Cl)csc1NC(=O)c1csc2ccccc12. The zero-order valence-electron chi connectivity index (χ0n) is 14.3. The molecule has 140 valence electrons. The fraction of sp³-hybridized carbons (Fsp3) is 0. The van der Waals surface area contributed by atoms with E-state index in [2.05, 4.69) is 11.9 Å². The third-order valence-corrected chi connectivity index (χ3v) is 6.66. The smallest absolute Gasteiger partial charge is 0.257 e. The second-order valence-corrected chi connectivity index (χ2v) is 8.66. The Labute approximate surface area is 179 Å². The summed E-state index contributed by atoms with van der Waals surface area (Å²) in [7, 11) is 0. The Kier molecular flexibility index (Phi) is 5.17. The lowest BCUT2D eigenvalue weighted by molar-refractivity contribution is 0.102. The fourth-order valence-electron chi connectivity index (χ4n) is 2.97. The normalized spacial score (nSPS) is 10.9. The van der Waals surface area contributed by atoms with Crippen molar-refractivity contribution < 1.29 is 9.90 Å². The number of anilines is 1. The lowest BCUT2D eigenvalue weighted by Crippen LogP contribution is -2.11. The maximum Gasteiger partial charge on any atom is 0.257 e. The van der Waals surface area contributed by atoms with E-state index in [-0.39, 0.29) is 11.7 Å². The number of aliphatic hydroxyl groups is 1. The molecule has 2 aromatic carbocycles. The van der Waals surface area contributed by atoms with Crippen molar-refractivity contribution in [3.8, 4) is 11.1 Å². The van der Waals surface area contributed by atoms with E-state index in [0.29, 0.717) is 37.3 Å². The number of aliphatic hydroxyl groups excluding tert-OH is 1. The van der Waals surface area contributed by atoms with Crippen LogP contribution in [0.1, 0.15) is 15.9 Å². The van der Waals surface area contributed by atoms with Crippen molar-refractivity contribution in [3.05, 3.63) is 81.0 Å². The third kappa shape index (κ3) is 3.42. The summed E-state index contributed by atoms with van der Waals surface area (Å²) in [5.74, 6) is -0.386. The molecule has 3 nitrogen and oxygen atoms in total. The highest BCUT2D eigenvalue weighted by Crippen LogP contribution is 2.42. The van der Waals surface area contributed by atoms with Gasteiger partial charge >= 0.3 is 0 Å². The lowest BCUT2D eigenvalue weighted by Gasteiger charge is -2.09. The number of benzene rings is 2. The summed E-state index contributed by atoms with van der Waals surface area (Å²) in [6.07, 6.45) is 0. The van der Waals surface area contributed by atoms with Gasteiger partial charge in [-0.25, -0.2) is 0 Å². The van der Waals surface area contributed by atoms with Crippen LogP contribution in [0.25, 0.3) is 27.0 Å². The molecule has 0 saturated carbocycles. The molecular formula is C21H13Cl2NO2S2. The van der Waals surface area contributed by atoms with Crippen molar-refractivity contribution in [3.63, 3.8) is 0 Å². The Balaban J connectivity index is 1.73. The summed E-state index contributed by atoms with van der Waals surface area (Å²) in [4.78, 5) is 12.9. The third-order valence-electron chi connectivity index (χ3n) is 4.25. The molecule has 0 saturated heterocycles. The van der Waals surface area contributed by atoms with E-state index in [1.165, 1.54) is 22.7 Å². The van der Waals surface area contributed by atoms with Crippen LogP contribution in [0, 0.1) is 0 Å². The maximum absolute atomic E-state index is 12.9. The van der Waals surface area contributed by atoms with Gasteiger partial charge in [-0.3, -0.25) is 4.79 Å². The van der Waals surface area contributed by atoms with Crippen molar-refractivity contribution >= 4 is 72.6 Å². The van der Waals surface area contributed by atoms with Gasteiger partial charge in [-0.2, -0.15) is 0 Å². The number of carbonyl (C=O) groups excluding carboxylic acids is 1. The van der Waals surface area contributed by atoms with Gasteiger partial charge in [0.15, 0.2) is 0 Å². The summed E-state index contributed by atoms with van der Waals surface area (Å²) in [6, 6.07) is 12.9. The Morgan fingerprint density at radius 2 is 1.82 bits per heavy atom. The van der Waals surface area contributed by atoms with Crippen molar-refractivity contribution in [2.24, 2.45) is 0 Å². The predicted molar refractivity (Wildman–Crippen MR) is 121 cm³/mol. The molecule has 0 radical (unpaired) electrons. The number of carbonyl (C=O) groups is 1. The van der Waals surface area contributed by atoms with Gasteiger partial charge in [0.25, 0.3) is 5.91 Å². The maximum atomic E-state index is 12.9. The Hall–Kier alpha value is -2.31. The van der Waals surface area contributed by atoms with Gasteiger partial charge in [0.2, 0.25) is 0 Å². The van der Waals surface area contributed by atoms with Gasteiger partial charge < -0.3 is 10.4 Å². The highest BCUT2D eigenvalue weighted by Gasteiger charge is 2.21. The number of amides is 1. The van der Waals surface area contributed by atoms with Gasteiger partial charge in [0.05, 0.1) is 11.1 Å². The van der Waals surface area contributed by atoms with Crippen LogP contribution in [-0.2, 0) is 0 Å². The van der Waals surface area contributed by atoms with Crippen LogP contribution in [0.4, 0.5) is 5.00 Å². The molecule has 0 aliphatic rings. The molecule has 0 aliphatic heterocycles. The Morgan fingerprint density at radius 3 is 2.57 bits per heavy atom. The first-order chi connectivity index (χ1) is 13.5. The first-order valence-electron chi connectivity index (χ1n) is 8.18. The van der Waals surface area contributed by atoms with E-state index < -0.39 is 0 Å². The molecule has 0 aliphatic carbocycles. The minimum atomic E-state index is -0.240. The van der Waals surface area contributed by atoms with Crippen LogP contribution in [0.3, 0.4) is 0 Å². The highest BCUT2D eigenvalue weighted by atomic mass is 35.5. The van der Waals surface area contributed by atoms with E-state index in [9.17, 15) is 9.90 Å². The molecule has 4 rings (SSSR count). The van der Waals surface area contributed by atoms with Gasteiger partial charge in [-0.1, -0.05) is 54.0 Å². The number of halogens is 2. The van der Waals surface area contributed by atoms with Gasteiger partial charge in [-0.15, -0.1) is 22.7 Å². The molecule has 2 N–H and O–H groups in total. The summed E-state index contributed by atoms with van der Waals surface area (Å²) in [6.45, 7) is 3.66. The number of rotatable bonds is 4. The van der Waals surface area contributed by atoms with E-state index in [0.717, 1.165) is 10.1 Å². The van der Waals surface area contributed by atoms with Gasteiger partial charge in [0.1, 0.15) is 10.8 Å². The second kappa shape index (κ2) is 7.60. The quantitative estimate of drug-likeness (QED) is 0.315. The second-order valence-electron chi connectivity index (χ2n) is 6.02. The molecule has 0 fully saturated rings. The lowest BCUT2D eigenvalue weighted by atomic mass is 10.0. The fourth-order valence-corrected chi connectivity index (χ4v) is 5.40.